The first-order chi connectivity index (χ1) is 21.9. The van der Waals surface area contributed by atoms with Gasteiger partial charge in [0.2, 0.25) is 0 Å². The first-order valence-corrected chi connectivity index (χ1v) is 15.1. The van der Waals surface area contributed by atoms with Gasteiger partial charge in [0.05, 0.1) is 30.6 Å². The van der Waals surface area contributed by atoms with Crippen LogP contribution in [0.1, 0.15) is 35.2 Å². The van der Waals surface area contributed by atoms with Crippen LogP contribution in [0, 0.1) is 5.92 Å². The molecule has 0 unspecified atom stereocenters. The van der Waals surface area contributed by atoms with Crippen LogP contribution < -0.4 is 10.5 Å². The maximum Gasteiger partial charge on any atom is 0.420 e. The summed E-state index contributed by atoms with van der Waals surface area (Å²) in [6.07, 6.45) is -3.73. The van der Waals surface area contributed by atoms with Crippen molar-refractivity contribution in [3.8, 4) is 34.3 Å². The molecule has 5 aromatic rings. The number of alkyl halides is 4. The van der Waals surface area contributed by atoms with E-state index in [0.29, 0.717) is 57.4 Å². The van der Waals surface area contributed by atoms with E-state index in [9.17, 15) is 27.5 Å². The Hall–Kier alpha value is -4.65. The zero-order valence-corrected chi connectivity index (χ0v) is 25.2. The fraction of sp³-hybridized carbons (Fsp3) is 0.364. The maximum absolute atomic E-state index is 14.3. The molecule has 0 bridgehead atoms. The Balaban J connectivity index is 1.36. The minimum atomic E-state index is -4.78. The van der Waals surface area contributed by atoms with Crippen molar-refractivity contribution in [2.75, 3.05) is 20.2 Å². The number of piperidine rings is 1. The number of phenolic OH excluding ortho intramolecular Hbond substituents is 1. The number of aryl methyl sites for hydroxylation is 1. The Morgan fingerprint density at radius 1 is 1.11 bits per heavy atom. The van der Waals surface area contributed by atoms with Crippen molar-refractivity contribution in [3.05, 3.63) is 59.7 Å². The molecular formula is C33H32F4N6O3. The monoisotopic (exact) mass is 636 g/mol. The number of aromatic nitrogens is 4. The van der Waals surface area contributed by atoms with E-state index in [4.69, 9.17) is 20.4 Å². The molecule has 2 fully saturated rings. The average molecular weight is 637 g/mol. The number of fused-ring (bicyclic) bond motifs is 2. The highest BCUT2D eigenvalue weighted by Crippen LogP contribution is 2.43. The number of likely N-dealkylation sites (tertiary alicyclic amines) is 1. The lowest BCUT2D eigenvalue weighted by Gasteiger charge is -2.33. The molecule has 1 saturated heterocycles. The van der Waals surface area contributed by atoms with E-state index in [1.165, 1.54) is 30.2 Å². The molecule has 46 heavy (non-hydrogen) atoms. The number of nitrogens with zero attached hydrogens (tertiary/aromatic N) is 5. The maximum atomic E-state index is 14.3. The number of halogens is 4. The van der Waals surface area contributed by atoms with E-state index in [2.05, 4.69) is 0 Å². The average Bonchev–Trinajstić information content (AvgIpc) is 3.68. The van der Waals surface area contributed by atoms with E-state index in [1.807, 2.05) is 22.2 Å². The minimum Gasteiger partial charge on any atom is -0.507 e. The van der Waals surface area contributed by atoms with E-state index < -0.39 is 29.7 Å². The molecule has 13 heteroatoms. The molecule has 1 saturated carbocycles. The zero-order valence-electron chi connectivity index (χ0n) is 25.2. The van der Waals surface area contributed by atoms with Gasteiger partial charge in [-0.2, -0.15) is 13.2 Å². The number of hydrogen-bond acceptors (Lipinski definition) is 6. The number of hydrogen-bond donors (Lipinski definition) is 2. The number of carbonyl (C=O) groups is 1. The highest BCUT2D eigenvalue weighted by molar-refractivity contribution is 6.00. The van der Waals surface area contributed by atoms with Crippen molar-refractivity contribution in [1.29, 1.82) is 0 Å². The topological polar surface area (TPSA) is 111 Å². The van der Waals surface area contributed by atoms with E-state index in [1.54, 1.807) is 18.2 Å². The van der Waals surface area contributed by atoms with Gasteiger partial charge in [-0.05, 0) is 61.6 Å². The highest BCUT2D eigenvalue weighted by atomic mass is 19.4. The molecule has 3 N–H and O–H groups in total. The van der Waals surface area contributed by atoms with Gasteiger partial charge in [-0.15, -0.1) is 0 Å². The van der Waals surface area contributed by atoms with Gasteiger partial charge in [0.15, 0.2) is 5.82 Å². The number of pyridine rings is 1. The minimum absolute atomic E-state index is 0.0380. The molecular weight excluding hydrogens is 604 g/mol. The largest absolute Gasteiger partial charge is 0.507 e. The van der Waals surface area contributed by atoms with Crippen molar-refractivity contribution in [2.45, 2.75) is 44.2 Å². The molecule has 3 aromatic heterocycles. The molecule has 2 aliphatic rings. The Morgan fingerprint density at radius 2 is 1.89 bits per heavy atom. The van der Waals surface area contributed by atoms with Gasteiger partial charge in [0, 0.05) is 42.7 Å². The van der Waals surface area contributed by atoms with Crippen LogP contribution in [0.25, 0.3) is 44.8 Å². The summed E-state index contributed by atoms with van der Waals surface area (Å²) in [6.45, 7) is 0.797. The predicted octanol–water partition coefficient (Wildman–Crippen LogP) is 5.91. The van der Waals surface area contributed by atoms with E-state index >= 15 is 0 Å². The third-order valence-electron chi connectivity index (χ3n) is 8.83. The molecule has 240 valence electrons. The summed E-state index contributed by atoms with van der Waals surface area (Å²) in [5.41, 5.74) is 7.34. The second kappa shape index (κ2) is 11.0. The third-order valence-corrected chi connectivity index (χ3v) is 8.83. The van der Waals surface area contributed by atoms with Gasteiger partial charge in [-0.3, -0.25) is 4.79 Å². The highest BCUT2D eigenvalue weighted by Gasteiger charge is 2.37. The van der Waals surface area contributed by atoms with E-state index in [-0.39, 0.29) is 36.7 Å². The van der Waals surface area contributed by atoms with Crippen LogP contribution >= 0.6 is 0 Å². The first-order valence-electron chi connectivity index (χ1n) is 15.1. The number of benzene rings is 2. The van der Waals surface area contributed by atoms with Gasteiger partial charge in [0.25, 0.3) is 5.91 Å². The lowest BCUT2D eigenvalue weighted by Crippen LogP contribution is -2.50. The number of amides is 1. The van der Waals surface area contributed by atoms with Crippen LogP contribution in [-0.4, -0.2) is 67.4 Å². The normalized spacial score (nSPS) is 18.9. The summed E-state index contributed by atoms with van der Waals surface area (Å²) < 4.78 is 65.7. The summed E-state index contributed by atoms with van der Waals surface area (Å²) in [6, 6.07) is 11.6. The summed E-state index contributed by atoms with van der Waals surface area (Å²) in [5.74, 6) is 0.120. The molecule has 1 aliphatic carbocycles. The fourth-order valence-corrected chi connectivity index (χ4v) is 6.50. The SMILES string of the molecule is COc1cc(C(=O)N2C[C@H](N)C[C@@H](F)C2)cc2nc(-c3cc4ccc(-c5cccc(O)c5C(F)(F)F)nc4n3CC3CC3)n(C)c12. The van der Waals surface area contributed by atoms with Crippen LogP contribution in [0.4, 0.5) is 17.6 Å². The summed E-state index contributed by atoms with van der Waals surface area (Å²) in [4.78, 5) is 24.5. The molecule has 7 rings (SSSR count). The van der Waals surface area contributed by atoms with E-state index in [0.717, 1.165) is 18.9 Å². The molecule has 1 amide bonds. The van der Waals surface area contributed by atoms with Gasteiger partial charge < -0.3 is 29.6 Å². The number of rotatable bonds is 6. The number of imidazole rings is 1. The number of carbonyl (C=O) groups excluding carboxylic acids is 1. The Bertz CT molecular complexity index is 1990. The van der Waals surface area contributed by atoms with Crippen molar-refractivity contribution < 1.29 is 32.2 Å². The molecule has 0 spiro atoms. The number of nitrogens with two attached hydrogens (primary N) is 1. The lowest BCUT2D eigenvalue weighted by molar-refractivity contribution is -0.138. The Labute approximate surface area is 261 Å². The van der Waals surface area contributed by atoms with Crippen molar-refractivity contribution in [1.82, 2.24) is 24.0 Å². The quantitative estimate of drug-likeness (QED) is 0.224. The molecule has 9 nitrogen and oxygen atoms in total. The van der Waals surface area contributed by atoms with Crippen LogP contribution in [0.3, 0.4) is 0 Å². The van der Waals surface area contributed by atoms with Crippen LogP contribution in [0.15, 0.2) is 48.5 Å². The third kappa shape index (κ3) is 5.21. The second-order valence-electron chi connectivity index (χ2n) is 12.2. The second-order valence-corrected chi connectivity index (χ2v) is 12.2. The molecule has 0 radical (unpaired) electrons. The first kappa shape index (κ1) is 30.0. The molecule has 1 aliphatic heterocycles. The van der Waals surface area contributed by atoms with Gasteiger partial charge in [0.1, 0.15) is 34.4 Å². The van der Waals surface area contributed by atoms with Gasteiger partial charge in [-0.1, -0.05) is 12.1 Å². The number of methoxy groups -OCH3 is 1. The van der Waals surface area contributed by atoms with Crippen molar-refractivity contribution >= 4 is 28.0 Å². The zero-order chi connectivity index (χ0) is 32.5. The molecule has 2 aromatic carbocycles. The Morgan fingerprint density at radius 3 is 2.59 bits per heavy atom. The van der Waals surface area contributed by atoms with Crippen LogP contribution in [-0.2, 0) is 19.8 Å². The number of phenols is 1. The fourth-order valence-electron chi connectivity index (χ4n) is 6.50. The Kier molecular flexibility index (Phi) is 7.18. The summed E-state index contributed by atoms with van der Waals surface area (Å²) in [7, 11) is 3.32. The molecule has 4 heterocycles. The van der Waals surface area contributed by atoms with Crippen molar-refractivity contribution in [3.63, 3.8) is 0 Å². The summed E-state index contributed by atoms with van der Waals surface area (Å²) >= 11 is 0. The van der Waals surface area contributed by atoms with Crippen LogP contribution in [0.2, 0.25) is 0 Å². The number of ether oxygens (including phenoxy) is 1. The van der Waals surface area contributed by atoms with Gasteiger partial charge >= 0.3 is 6.18 Å². The summed E-state index contributed by atoms with van der Waals surface area (Å²) in [5, 5.41) is 10.8. The molecule has 2 atom stereocenters. The predicted molar refractivity (Wildman–Crippen MR) is 164 cm³/mol. The van der Waals surface area contributed by atoms with Gasteiger partial charge in [-0.25, -0.2) is 14.4 Å². The van der Waals surface area contributed by atoms with Crippen molar-refractivity contribution in [2.24, 2.45) is 18.7 Å². The smallest absolute Gasteiger partial charge is 0.420 e. The van der Waals surface area contributed by atoms with Crippen LogP contribution in [0.5, 0.6) is 11.5 Å². The number of aromatic hydroxyl groups is 1. The lowest BCUT2D eigenvalue weighted by atomic mass is 10.0. The standard InChI is InChI=1S/C33H32F4N6O3/c1-41-29-24(10-19(12-27(29)46-2)32(45)42-15-20(34)13-21(38)16-42)40-31(41)25-11-18-8-9-23(39-30(18)43(25)14-17-6-7-17)22-4-3-5-26(44)28(22)33(35,36)37/h3-5,8-12,17,20-21,44H,6-7,13-16,38H2,1-2H3/t20-,21-/m1/s1.